The smallest absolute Gasteiger partial charge is 0.270 e. The third-order valence-corrected chi connectivity index (χ3v) is 6.13. The molecule has 2 atom stereocenters. The van der Waals surface area contributed by atoms with Crippen molar-refractivity contribution in [2.24, 2.45) is 11.1 Å². The average Bonchev–Trinajstić information content (AvgIpc) is 3.02. The first-order valence-electron chi connectivity index (χ1n) is 8.85. The van der Waals surface area contributed by atoms with Gasteiger partial charge in [-0.1, -0.05) is 37.3 Å². The highest BCUT2D eigenvalue weighted by Crippen LogP contribution is 2.26. The number of piperidine rings is 1. The maximum Gasteiger partial charge on any atom is 0.270 e. The lowest BCUT2D eigenvalue weighted by molar-refractivity contribution is 0.0540. The first kappa shape index (κ1) is 18.7. The number of nitrogens with zero attached hydrogens (tertiary/aromatic N) is 2. The van der Waals surface area contributed by atoms with Crippen LogP contribution in [0.2, 0.25) is 0 Å². The van der Waals surface area contributed by atoms with E-state index < -0.39 is 10.0 Å². The standard InChI is InChI=1S/C19H25N3O3S/c1-14-7-6-10-22(15(14)2)19(23)18-11-17(26(20,24)25)13-21(18)12-16-8-4-3-5-9-16/h3-5,8-9,11,13-15H,6-7,10,12H2,1-2H3,(H2,20,24,25). The van der Waals surface area contributed by atoms with Gasteiger partial charge in [0.1, 0.15) is 10.6 Å². The van der Waals surface area contributed by atoms with E-state index in [0.29, 0.717) is 24.7 Å². The Kier molecular flexibility index (Phi) is 5.20. The molecule has 0 saturated carbocycles. The number of aromatic nitrogens is 1. The van der Waals surface area contributed by atoms with Gasteiger partial charge in [-0.05, 0) is 37.3 Å². The normalized spacial score (nSPS) is 21.0. The van der Waals surface area contributed by atoms with Crippen LogP contribution in [-0.2, 0) is 16.6 Å². The van der Waals surface area contributed by atoms with Gasteiger partial charge in [0.15, 0.2) is 0 Å². The van der Waals surface area contributed by atoms with E-state index in [9.17, 15) is 13.2 Å². The molecule has 2 aromatic rings. The minimum Gasteiger partial charge on any atom is -0.338 e. The molecule has 0 bridgehead atoms. The monoisotopic (exact) mass is 375 g/mol. The Labute approximate surface area is 154 Å². The molecule has 1 aliphatic rings. The van der Waals surface area contributed by atoms with E-state index in [4.69, 9.17) is 5.14 Å². The van der Waals surface area contributed by atoms with E-state index >= 15 is 0 Å². The molecule has 1 aromatic heterocycles. The van der Waals surface area contributed by atoms with Crippen molar-refractivity contribution in [1.82, 2.24) is 9.47 Å². The van der Waals surface area contributed by atoms with Crippen LogP contribution >= 0.6 is 0 Å². The van der Waals surface area contributed by atoms with Crippen LogP contribution < -0.4 is 5.14 Å². The van der Waals surface area contributed by atoms with Gasteiger partial charge in [-0.3, -0.25) is 4.79 Å². The van der Waals surface area contributed by atoms with Crippen molar-refractivity contribution in [1.29, 1.82) is 0 Å². The lowest BCUT2D eigenvalue weighted by Gasteiger charge is -2.38. The van der Waals surface area contributed by atoms with E-state index in [0.717, 1.165) is 18.4 Å². The Morgan fingerprint density at radius 1 is 1.23 bits per heavy atom. The summed E-state index contributed by atoms with van der Waals surface area (Å²) in [5.74, 6) is 0.276. The van der Waals surface area contributed by atoms with Gasteiger partial charge < -0.3 is 9.47 Å². The number of carbonyl (C=O) groups excluding carboxylic acids is 1. The maximum atomic E-state index is 13.2. The van der Waals surface area contributed by atoms with Gasteiger partial charge in [0.05, 0.1) is 0 Å². The van der Waals surface area contributed by atoms with Crippen molar-refractivity contribution in [3.8, 4) is 0 Å². The molecule has 1 amide bonds. The highest BCUT2D eigenvalue weighted by molar-refractivity contribution is 7.89. The minimum absolute atomic E-state index is 0.0329. The second-order valence-electron chi connectivity index (χ2n) is 7.08. The molecule has 2 N–H and O–H groups in total. The molecule has 2 unspecified atom stereocenters. The number of benzene rings is 1. The van der Waals surface area contributed by atoms with Gasteiger partial charge >= 0.3 is 0 Å². The summed E-state index contributed by atoms with van der Waals surface area (Å²) in [5.41, 5.74) is 1.34. The van der Waals surface area contributed by atoms with Crippen LogP contribution in [0.4, 0.5) is 0 Å². The number of carbonyl (C=O) groups is 1. The summed E-state index contributed by atoms with van der Waals surface area (Å²) < 4.78 is 25.3. The Morgan fingerprint density at radius 2 is 1.92 bits per heavy atom. The van der Waals surface area contributed by atoms with Crippen LogP contribution in [0.5, 0.6) is 0 Å². The lowest BCUT2D eigenvalue weighted by atomic mass is 9.92. The van der Waals surface area contributed by atoms with Crippen molar-refractivity contribution in [2.75, 3.05) is 6.54 Å². The van der Waals surface area contributed by atoms with Gasteiger partial charge in [-0.15, -0.1) is 0 Å². The van der Waals surface area contributed by atoms with Gasteiger partial charge in [-0.2, -0.15) is 0 Å². The third-order valence-electron chi connectivity index (χ3n) is 5.25. The van der Waals surface area contributed by atoms with E-state index in [1.54, 1.807) is 4.57 Å². The summed E-state index contributed by atoms with van der Waals surface area (Å²) in [6.07, 6.45) is 3.50. The van der Waals surface area contributed by atoms with Gasteiger partial charge in [0.25, 0.3) is 5.91 Å². The summed E-state index contributed by atoms with van der Waals surface area (Å²) in [5, 5.41) is 5.29. The summed E-state index contributed by atoms with van der Waals surface area (Å²) >= 11 is 0. The molecule has 6 nitrogen and oxygen atoms in total. The maximum absolute atomic E-state index is 13.2. The first-order valence-corrected chi connectivity index (χ1v) is 10.4. The number of nitrogens with two attached hydrogens (primary N) is 1. The van der Waals surface area contributed by atoms with Crippen LogP contribution in [-0.4, -0.2) is 36.4 Å². The molecule has 26 heavy (non-hydrogen) atoms. The van der Waals surface area contributed by atoms with Crippen LogP contribution in [0, 0.1) is 5.92 Å². The zero-order valence-electron chi connectivity index (χ0n) is 15.1. The number of rotatable bonds is 4. The zero-order chi connectivity index (χ0) is 18.9. The number of hydrogen-bond acceptors (Lipinski definition) is 3. The van der Waals surface area contributed by atoms with Crippen molar-refractivity contribution < 1.29 is 13.2 Å². The highest BCUT2D eigenvalue weighted by atomic mass is 32.2. The molecule has 1 fully saturated rings. The number of amides is 1. The van der Waals surface area contributed by atoms with E-state index in [2.05, 4.69) is 6.92 Å². The van der Waals surface area contributed by atoms with Gasteiger partial charge in [0.2, 0.25) is 10.0 Å². The van der Waals surface area contributed by atoms with Crippen molar-refractivity contribution in [2.45, 2.75) is 44.2 Å². The second kappa shape index (κ2) is 7.25. The predicted molar refractivity (Wildman–Crippen MR) is 100 cm³/mol. The van der Waals surface area contributed by atoms with E-state index in [-0.39, 0.29) is 16.8 Å². The van der Waals surface area contributed by atoms with Crippen molar-refractivity contribution in [3.63, 3.8) is 0 Å². The molecule has 0 radical (unpaired) electrons. The summed E-state index contributed by atoms with van der Waals surface area (Å²) in [6, 6.07) is 11.1. The summed E-state index contributed by atoms with van der Waals surface area (Å²) in [4.78, 5) is 15.0. The van der Waals surface area contributed by atoms with Gasteiger partial charge in [0, 0.05) is 25.3 Å². The predicted octanol–water partition coefficient (Wildman–Crippen LogP) is 2.44. The Hall–Kier alpha value is -2.12. The zero-order valence-corrected chi connectivity index (χ0v) is 15.9. The molecular formula is C19H25N3O3S. The van der Waals surface area contributed by atoms with Crippen LogP contribution in [0.15, 0.2) is 47.5 Å². The molecule has 140 valence electrons. The average molecular weight is 375 g/mol. The molecular weight excluding hydrogens is 350 g/mol. The Balaban J connectivity index is 1.99. The van der Waals surface area contributed by atoms with Crippen LogP contribution in [0.3, 0.4) is 0 Å². The molecule has 3 rings (SSSR count). The fourth-order valence-corrected chi connectivity index (χ4v) is 4.05. The Bertz CT molecular complexity index is 890. The summed E-state index contributed by atoms with van der Waals surface area (Å²) in [7, 11) is -3.88. The molecule has 2 heterocycles. The number of sulfonamides is 1. The molecule has 1 aromatic carbocycles. The minimum atomic E-state index is -3.88. The third kappa shape index (κ3) is 3.83. The fourth-order valence-electron chi connectivity index (χ4n) is 3.50. The van der Waals surface area contributed by atoms with Crippen molar-refractivity contribution in [3.05, 3.63) is 53.9 Å². The van der Waals surface area contributed by atoms with Gasteiger partial charge in [-0.25, -0.2) is 13.6 Å². The van der Waals surface area contributed by atoms with Crippen LogP contribution in [0.1, 0.15) is 42.7 Å². The fraction of sp³-hybridized carbons (Fsp3) is 0.421. The Morgan fingerprint density at radius 3 is 2.58 bits per heavy atom. The van der Waals surface area contributed by atoms with E-state index in [1.165, 1.54) is 12.3 Å². The largest absolute Gasteiger partial charge is 0.338 e. The quantitative estimate of drug-likeness (QED) is 0.891. The molecule has 0 spiro atoms. The van der Waals surface area contributed by atoms with Crippen molar-refractivity contribution >= 4 is 15.9 Å². The summed E-state index contributed by atoms with van der Waals surface area (Å²) in [6.45, 7) is 5.29. The number of likely N-dealkylation sites (tertiary alicyclic amines) is 1. The lowest BCUT2D eigenvalue weighted by Crippen LogP contribution is -2.46. The molecule has 1 saturated heterocycles. The number of primary sulfonamides is 1. The molecule has 7 heteroatoms. The number of hydrogen-bond donors (Lipinski definition) is 1. The first-order chi connectivity index (χ1) is 12.3. The highest BCUT2D eigenvalue weighted by Gasteiger charge is 2.31. The second-order valence-corrected chi connectivity index (χ2v) is 8.64. The SMILES string of the molecule is CC1CCCN(C(=O)c2cc(S(N)(=O)=O)cn2Cc2ccccc2)C1C. The van der Waals surface area contributed by atoms with E-state index in [1.807, 2.05) is 42.2 Å². The van der Waals surface area contributed by atoms with Crippen LogP contribution in [0.25, 0.3) is 0 Å². The molecule has 0 aliphatic carbocycles. The topological polar surface area (TPSA) is 85.4 Å². The molecule has 1 aliphatic heterocycles.